The van der Waals surface area contributed by atoms with Gasteiger partial charge in [0, 0.05) is 28.0 Å². The van der Waals surface area contributed by atoms with Crippen LogP contribution in [0.15, 0.2) is 24.3 Å². The summed E-state index contributed by atoms with van der Waals surface area (Å²) in [5.74, 6) is 0. The summed E-state index contributed by atoms with van der Waals surface area (Å²) < 4.78 is 2.44. The summed E-state index contributed by atoms with van der Waals surface area (Å²) in [4.78, 5) is 0. The van der Waals surface area contributed by atoms with Crippen LogP contribution in [0.3, 0.4) is 0 Å². The van der Waals surface area contributed by atoms with Crippen molar-refractivity contribution in [3.8, 4) is 0 Å². The van der Waals surface area contributed by atoms with E-state index in [1.54, 1.807) is 0 Å². The Balaban J connectivity index is 3.23. The van der Waals surface area contributed by atoms with Gasteiger partial charge in [-0.15, -0.1) is 0 Å². The summed E-state index contributed by atoms with van der Waals surface area (Å²) in [7, 11) is 0. The minimum atomic E-state index is 1.02. The van der Waals surface area contributed by atoms with Crippen LogP contribution in [0.25, 0.3) is 21.9 Å². The molecule has 0 saturated carbocycles. The van der Waals surface area contributed by atoms with Crippen LogP contribution in [0.2, 0.25) is 0 Å². The molecule has 0 spiro atoms. The number of fused-ring (bicyclic) bond motifs is 1. The molecule has 0 amide bonds. The van der Waals surface area contributed by atoms with Crippen LogP contribution >= 0.6 is 0 Å². The van der Waals surface area contributed by atoms with E-state index in [0.717, 1.165) is 6.54 Å². The fourth-order valence-electron chi connectivity index (χ4n) is 2.69. The zero-order chi connectivity index (χ0) is 12.6. The zero-order valence-corrected chi connectivity index (χ0v) is 11.5. The van der Waals surface area contributed by atoms with Gasteiger partial charge in [-0.05, 0) is 34.6 Å². The molecule has 90 valence electrons. The lowest BCUT2D eigenvalue weighted by Gasteiger charge is -2.03. The molecule has 0 N–H and O–H groups in total. The standard InChI is InChI=1S/C16H21N/c1-6-17-15(11(2)3)13-9-7-8-10-14(13)16(17)12(4)5/h7-10H,6H2,1-5H3. The van der Waals surface area contributed by atoms with E-state index in [4.69, 9.17) is 0 Å². The first-order chi connectivity index (χ1) is 8.07. The number of hydrogen-bond donors (Lipinski definition) is 0. The van der Waals surface area contributed by atoms with Gasteiger partial charge in [-0.2, -0.15) is 0 Å². The van der Waals surface area contributed by atoms with Crippen LogP contribution in [0.4, 0.5) is 0 Å². The van der Waals surface area contributed by atoms with Gasteiger partial charge in [-0.25, -0.2) is 0 Å². The maximum absolute atomic E-state index is 2.44. The summed E-state index contributed by atoms with van der Waals surface area (Å²) in [5.41, 5.74) is 2.77. The molecule has 0 unspecified atom stereocenters. The molecule has 1 aromatic carbocycles. The number of hydrogen-bond acceptors (Lipinski definition) is 0. The molecule has 0 saturated heterocycles. The van der Waals surface area contributed by atoms with E-state index in [1.807, 2.05) is 0 Å². The van der Waals surface area contributed by atoms with Gasteiger partial charge in [-0.3, -0.25) is 0 Å². The fraction of sp³-hybridized carbons (Fsp3) is 0.375. The minimum absolute atomic E-state index is 1.02. The maximum Gasteiger partial charge on any atom is 0.0477 e. The van der Waals surface area contributed by atoms with Crippen LogP contribution in [0, 0.1) is 0 Å². The summed E-state index contributed by atoms with van der Waals surface area (Å²) >= 11 is 0. The SMILES string of the molecule is CCn1c(=C(C)C)c2ccccc2c1=C(C)C. The van der Waals surface area contributed by atoms with Gasteiger partial charge in [0.05, 0.1) is 0 Å². The van der Waals surface area contributed by atoms with Gasteiger partial charge in [0.25, 0.3) is 0 Å². The van der Waals surface area contributed by atoms with Crippen LogP contribution in [0.1, 0.15) is 34.6 Å². The molecule has 0 aliphatic carbocycles. The molecule has 0 radical (unpaired) electrons. The number of benzene rings is 1. The van der Waals surface area contributed by atoms with Gasteiger partial charge in [-0.1, -0.05) is 35.4 Å². The van der Waals surface area contributed by atoms with Gasteiger partial charge in [0.15, 0.2) is 0 Å². The Morgan fingerprint density at radius 3 is 1.59 bits per heavy atom. The van der Waals surface area contributed by atoms with E-state index in [1.165, 1.54) is 32.6 Å². The summed E-state index contributed by atoms with van der Waals surface area (Å²) in [6.45, 7) is 12.0. The van der Waals surface area contributed by atoms with Crippen molar-refractivity contribution < 1.29 is 0 Å². The second kappa shape index (κ2) is 4.40. The normalized spacial score (nSPS) is 10.9. The Morgan fingerprint density at radius 1 is 0.882 bits per heavy atom. The molecule has 1 aromatic heterocycles. The Kier molecular flexibility index (Phi) is 3.10. The molecule has 2 aromatic rings. The largest absolute Gasteiger partial charge is 0.341 e. The Bertz CT molecular complexity index is 606. The quantitative estimate of drug-likeness (QED) is 0.705. The molecular formula is C16H21N. The number of aromatic nitrogens is 1. The molecule has 1 nitrogen and oxygen atoms in total. The second-order valence-corrected chi connectivity index (χ2v) is 4.99. The summed E-state index contributed by atoms with van der Waals surface area (Å²) in [6.07, 6.45) is 0. The third-order valence-corrected chi connectivity index (χ3v) is 3.24. The van der Waals surface area contributed by atoms with Crippen molar-refractivity contribution in [1.82, 2.24) is 4.57 Å². The van der Waals surface area contributed by atoms with Crippen molar-refractivity contribution in [2.45, 2.75) is 41.2 Å². The molecule has 2 rings (SSSR count). The average molecular weight is 227 g/mol. The molecule has 0 bridgehead atoms. The third kappa shape index (κ3) is 1.80. The average Bonchev–Trinajstić information content (AvgIpc) is 2.62. The van der Waals surface area contributed by atoms with Crippen LogP contribution in [-0.4, -0.2) is 4.57 Å². The van der Waals surface area contributed by atoms with Crippen LogP contribution in [0.5, 0.6) is 0 Å². The third-order valence-electron chi connectivity index (χ3n) is 3.24. The van der Waals surface area contributed by atoms with E-state index in [9.17, 15) is 0 Å². The van der Waals surface area contributed by atoms with Gasteiger partial charge in [0.2, 0.25) is 0 Å². The lowest BCUT2D eigenvalue weighted by Crippen LogP contribution is -2.28. The first-order valence-electron chi connectivity index (χ1n) is 6.30. The van der Waals surface area contributed by atoms with Crippen molar-refractivity contribution in [3.63, 3.8) is 0 Å². The van der Waals surface area contributed by atoms with Crippen molar-refractivity contribution in [2.24, 2.45) is 0 Å². The highest BCUT2D eigenvalue weighted by Crippen LogP contribution is 2.08. The fourth-order valence-corrected chi connectivity index (χ4v) is 2.69. The topological polar surface area (TPSA) is 4.93 Å². The zero-order valence-electron chi connectivity index (χ0n) is 11.5. The van der Waals surface area contributed by atoms with Crippen LogP contribution < -0.4 is 10.7 Å². The summed E-state index contributed by atoms with van der Waals surface area (Å²) in [6, 6.07) is 8.72. The van der Waals surface area contributed by atoms with E-state index < -0.39 is 0 Å². The van der Waals surface area contributed by atoms with Gasteiger partial charge < -0.3 is 4.57 Å². The highest BCUT2D eigenvalue weighted by molar-refractivity contribution is 5.86. The van der Waals surface area contributed by atoms with Crippen molar-refractivity contribution in [3.05, 3.63) is 35.0 Å². The van der Waals surface area contributed by atoms with Crippen molar-refractivity contribution in [2.75, 3.05) is 0 Å². The second-order valence-electron chi connectivity index (χ2n) is 4.99. The first-order valence-corrected chi connectivity index (χ1v) is 6.30. The lowest BCUT2D eigenvalue weighted by molar-refractivity contribution is 0.723. The summed E-state index contributed by atoms with van der Waals surface area (Å²) in [5, 5.41) is 5.54. The van der Waals surface area contributed by atoms with Crippen molar-refractivity contribution >= 4 is 21.9 Å². The monoisotopic (exact) mass is 227 g/mol. The highest BCUT2D eigenvalue weighted by atomic mass is 15.0. The maximum atomic E-state index is 2.44. The molecule has 0 atom stereocenters. The van der Waals surface area contributed by atoms with Gasteiger partial charge in [0.1, 0.15) is 0 Å². The Morgan fingerprint density at radius 2 is 1.29 bits per heavy atom. The number of rotatable bonds is 1. The first kappa shape index (κ1) is 12.0. The van der Waals surface area contributed by atoms with E-state index >= 15 is 0 Å². The van der Waals surface area contributed by atoms with E-state index in [0.29, 0.717) is 0 Å². The Hall–Kier alpha value is -1.50. The van der Waals surface area contributed by atoms with E-state index in [-0.39, 0.29) is 0 Å². The number of nitrogens with zero attached hydrogens (tertiary/aromatic N) is 1. The van der Waals surface area contributed by atoms with Gasteiger partial charge >= 0.3 is 0 Å². The minimum Gasteiger partial charge on any atom is -0.341 e. The van der Waals surface area contributed by atoms with Crippen LogP contribution in [-0.2, 0) is 6.54 Å². The Labute approximate surface area is 103 Å². The van der Waals surface area contributed by atoms with E-state index in [2.05, 4.69) is 63.5 Å². The molecule has 0 aliphatic heterocycles. The highest BCUT2D eigenvalue weighted by Gasteiger charge is 2.07. The smallest absolute Gasteiger partial charge is 0.0477 e. The predicted octanol–water partition coefficient (Wildman–Crippen LogP) is 3.04. The predicted molar refractivity (Wildman–Crippen MR) is 76.4 cm³/mol. The molecular weight excluding hydrogens is 206 g/mol. The molecule has 1 heteroatoms. The molecule has 1 heterocycles. The molecule has 0 fully saturated rings. The molecule has 0 aliphatic rings. The molecule has 17 heavy (non-hydrogen) atoms. The van der Waals surface area contributed by atoms with Crippen molar-refractivity contribution in [1.29, 1.82) is 0 Å². The lowest BCUT2D eigenvalue weighted by atomic mass is 10.1.